The maximum Gasteiger partial charge on any atom is 0.195 e. The molecule has 0 aliphatic heterocycles. The minimum absolute atomic E-state index is 0.00112. The number of hydrogen-bond acceptors (Lipinski definition) is 3. The number of allylic oxidation sites excluding steroid dienone is 1. The van der Waals surface area contributed by atoms with Gasteiger partial charge in [-0.3, -0.25) is 4.79 Å². The maximum atomic E-state index is 12.5. The van der Waals surface area contributed by atoms with Crippen molar-refractivity contribution in [3.05, 3.63) is 41.6 Å². The molecule has 118 valence electrons. The topological polar surface area (TPSA) is 43.1 Å². The molecule has 0 N–H and O–H groups in total. The molecule has 2 aromatic rings. The zero-order valence-electron chi connectivity index (χ0n) is 13.2. The van der Waals surface area contributed by atoms with E-state index in [2.05, 4.69) is 11.9 Å². The fraction of sp³-hybridized carbons (Fsp3) is 0.444. The number of carbonyl (C=O) groups excluding carboxylic acids is 1. The van der Waals surface area contributed by atoms with E-state index in [1.165, 1.54) is 0 Å². The third-order valence-electron chi connectivity index (χ3n) is 3.78. The molecule has 1 heterocycles. The van der Waals surface area contributed by atoms with Crippen molar-refractivity contribution in [2.75, 3.05) is 0 Å². The first-order chi connectivity index (χ1) is 10.7. The monoisotopic (exact) mass is 303 g/mol. The van der Waals surface area contributed by atoms with Crippen LogP contribution in [0.3, 0.4) is 0 Å². The summed E-state index contributed by atoms with van der Waals surface area (Å²) in [6.45, 7) is 4.00. The normalized spacial score (nSPS) is 12.0. The van der Waals surface area contributed by atoms with Crippen LogP contribution in [-0.4, -0.2) is 10.8 Å². The van der Waals surface area contributed by atoms with Gasteiger partial charge in [-0.2, -0.15) is 0 Å². The summed E-state index contributed by atoms with van der Waals surface area (Å²) < 4.78 is 18.2. The number of aryl methyl sites for hydroxylation is 1. The number of rotatable bonds is 8. The summed E-state index contributed by atoms with van der Waals surface area (Å²) in [6, 6.07) is 5.32. The van der Waals surface area contributed by atoms with Gasteiger partial charge in [-0.15, -0.1) is 0 Å². The molecule has 0 atom stereocenters. The van der Waals surface area contributed by atoms with Gasteiger partial charge in [-0.1, -0.05) is 20.3 Å². The van der Waals surface area contributed by atoms with E-state index in [4.69, 9.17) is 4.42 Å². The number of oxazole rings is 1. The number of ketones is 1. The molecule has 0 saturated heterocycles. The van der Waals surface area contributed by atoms with E-state index in [1.54, 1.807) is 12.1 Å². The SMILES string of the molecule is CCCCc1nc2ccc(C(=O)CC/C(=C/F)CC)cc2o1. The number of unbranched alkanes of at least 4 members (excludes halogenated alkanes) is 1. The Bertz CT molecular complexity index is 673. The van der Waals surface area contributed by atoms with E-state index in [0.29, 0.717) is 42.3 Å². The number of benzene rings is 1. The van der Waals surface area contributed by atoms with Gasteiger partial charge in [-0.25, -0.2) is 9.37 Å². The summed E-state index contributed by atoms with van der Waals surface area (Å²) in [5, 5.41) is 0. The van der Waals surface area contributed by atoms with Crippen molar-refractivity contribution in [1.29, 1.82) is 0 Å². The summed E-state index contributed by atoms with van der Waals surface area (Å²) in [5.41, 5.74) is 2.69. The highest BCUT2D eigenvalue weighted by molar-refractivity contribution is 5.98. The molecule has 3 nitrogen and oxygen atoms in total. The van der Waals surface area contributed by atoms with Crippen LogP contribution in [0.5, 0.6) is 0 Å². The first kappa shape index (κ1) is 16.4. The fourth-order valence-electron chi connectivity index (χ4n) is 2.31. The van der Waals surface area contributed by atoms with E-state index < -0.39 is 0 Å². The minimum Gasteiger partial charge on any atom is -0.441 e. The van der Waals surface area contributed by atoms with Crippen LogP contribution in [0.4, 0.5) is 4.39 Å². The minimum atomic E-state index is 0.00112. The van der Waals surface area contributed by atoms with Gasteiger partial charge in [0.1, 0.15) is 5.52 Å². The van der Waals surface area contributed by atoms with Crippen LogP contribution in [-0.2, 0) is 6.42 Å². The third-order valence-corrected chi connectivity index (χ3v) is 3.78. The van der Waals surface area contributed by atoms with Crippen LogP contribution in [0.25, 0.3) is 11.1 Å². The van der Waals surface area contributed by atoms with Crippen LogP contribution < -0.4 is 0 Å². The summed E-state index contributed by atoms with van der Waals surface area (Å²) in [6.07, 6.45) is 4.94. The van der Waals surface area contributed by atoms with Gasteiger partial charge in [-0.05, 0) is 43.0 Å². The molecular weight excluding hydrogens is 281 g/mol. The highest BCUT2D eigenvalue weighted by Gasteiger charge is 2.11. The lowest BCUT2D eigenvalue weighted by molar-refractivity contribution is 0.0982. The van der Waals surface area contributed by atoms with Gasteiger partial charge < -0.3 is 4.42 Å². The number of hydrogen-bond donors (Lipinski definition) is 0. The molecule has 0 amide bonds. The molecule has 22 heavy (non-hydrogen) atoms. The van der Waals surface area contributed by atoms with Crippen molar-refractivity contribution in [3.8, 4) is 0 Å². The molecule has 4 heteroatoms. The van der Waals surface area contributed by atoms with E-state index in [1.807, 2.05) is 13.0 Å². The maximum absolute atomic E-state index is 12.5. The zero-order valence-corrected chi connectivity index (χ0v) is 13.2. The second kappa shape index (κ2) is 7.87. The highest BCUT2D eigenvalue weighted by atomic mass is 19.1. The van der Waals surface area contributed by atoms with Crippen molar-refractivity contribution in [2.45, 2.75) is 52.4 Å². The Morgan fingerprint density at radius 2 is 2.14 bits per heavy atom. The second-order valence-corrected chi connectivity index (χ2v) is 5.44. The number of fused-ring (bicyclic) bond motifs is 1. The number of halogens is 1. The Labute approximate surface area is 130 Å². The molecule has 0 fully saturated rings. The van der Waals surface area contributed by atoms with E-state index in [-0.39, 0.29) is 5.78 Å². The first-order valence-corrected chi connectivity index (χ1v) is 7.88. The van der Waals surface area contributed by atoms with Crippen molar-refractivity contribution < 1.29 is 13.6 Å². The predicted octanol–water partition coefficient (Wildman–Crippen LogP) is 5.40. The predicted molar refractivity (Wildman–Crippen MR) is 85.7 cm³/mol. The quantitative estimate of drug-likeness (QED) is 0.613. The molecule has 1 aromatic carbocycles. The lowest BCUT2D eigenvalue weighted by atomic mass is 10.0. The number of Topliss-reactive ketones (excluding diaryl/α,β-unsaturated/α-hetero) is 1. The van der Waals surface area contributed by atoms with Crippen LogP contribution >= 0.6 is 0 Å². The fourth-order valence-corrected chi connectivity index (χ4v) is 2.31. The van der Waals surface area contributed by atoms with Gasteiger partial charge in [0.2, 0.25) is 0 Å². The molecule has 2 rings (SSSR count). The highest BCUT2D eigenvalue weighted by Crippen LogP contribution is 2.20. The molecular formula is C18H22FNO2. The lowest BCUT2D eigenvalue weighted by Crippen LogP contribution is -1.99. The van der Waals surface area contributed by atoms with E-state index in [9.17, 15) is 9.18 Å². The van der Waals surface area contributed by atoms with Crippen LogP contribution in [0.1, 0.15) is 62.2 Å². The molecule has 0 radical (unpaired) electrons. The Balaban J connectivity index is 2.09. The molecule has 0 saturated carbocycles. The van der Waals surface area contributed by atoms with Crippen molar-refractivity contribution in [2.24, 2.45) is 0 Å². The van der Waals surface area contributed by atoms with Crippen LogP contribution in [0, 0.1) is 0 Å². The lowest BCUT2D eigenvalue weighted by Gasteiger charge is -2.02. The summed E-state index contributed by atoms with van der Waals surface area (Å²) >= 11 is 0. The molecule has 0 bridgehead atoms. The molecule has 0 spiro atoms. The van der Waals surface area contributed by atoms with Crippen molar-refractivity contribution in [3.63, 3.8) is 0 Å². The van der Waals surface area contributed by atoms with Gasteiger partial charge in [0.25, 0.3) is 0 Å². The third kappa shape index (κ3) is 4.03. The average Bonchev–Trinajstić information content (AvgIpc) is 2.95. The van der Waals surface area contributed by atoms with E-state index in [0.717, 1.165) is 30.7 Å². The Morgan fingerprint density at radius 3 is 2.82 bits per heavy atom. The van der Waals surface area contributed by atoms with Gasteiger partial charge in [0.05, 0.1) is 6.33 Å². The van der Waals surface area contributed by atoms with Crippen LogP contribution in [0.15, 0.2) is 34.5 Å². The molecule has 0 aliphatic carbocycles. The molecule has 1 aromatic heterocycles. The van der Waals surface area contributed by atoms with Gasteiger partial charge >= 0.3 is 0 Å². The summed E-state index contributed by atoms with van der Waals surface area (Å²) in [7, 11) is 0. The standard InChI is InChI=1S/C18H22FNO2/c1-3-5-6-18-20-15-9-8-14(11-17(15)22-18)16(21)10-7-13(4-2)12-19/h8-9,11-12H,3-7,10H2,1-2H3/b13-12+. The molecule has 0 aliphatic rings. The van der Waals surface area contributed by atoms with Crippen molar-refractivity contribution in [1.82, 2.24) is 4.98 Å². The largest absolute Gasteiger partial charge is 0.441 e. The Kier molecular flexibility index (Phi) is 5.87. The van der Waals surface area contributed by atoms with Gasteiger partial charge in [0.15, 0.2) is 17.3 Å². The average molecular weight is 303 g/mol. The Hall–Kier alpha value is -1.97. The van der Waals surface area contributed by atoms with Crippen molar-refractivity contribution >= 4 is 16.9 Å². The first-order valence-electron chi connectivity index (χ1n) is 7.88. The van der Waals surface area contributed by atoms with Gasteiger partial charge in [0, 0.05) is 18.4 Å². The Morgan fingerprint density at radius 1 is 1.32 bits per heavy atom. The zero-order chi connectivity index (χ0) is 15.9. The van der Waals surface area contributed by atoms with Crippen LogP contribution in [0.2, 0.25) is 0 Å². The smallest absolute Gasteiger partial charge is 0.195 e. The molecule has 0 unspecified atom stereocenters. The number of carbonyl (C=O) groups is 1. The second-order valence-electron chi connectivity index (χ2n) is 5.44. The summed E-state index contributed by atoms with van der Waals surface area (Å²) in [5.74, 6) is 0.719. The number of nitrogens with zero attached hydrogens (tertiary/aromatic N) is 1. The summed E-state index contributed by atoms with van der Waals surface area (Å²) in [4.78, 5) is 16.6. The van der Waals surface area contributed by atoms with E-state index >= 15 is 0 Å². The number of aromatic nitrogens is 1.